The summed E-state index contributed by atoms with van der Waals surface area (Å²) in [6.45, 7) is 4.83. The van der Waals surface area contributed by atoms with Gasteiger partial charge in [0.25, 0.3) is 0 Å². The van der Waals surface area contributed by atoms with E-state index in [9.17, 15) is 4.79 Å². The first-order valence-corrected chi connectivity index (χ1v) is 7.24. The minimum Gasteiger partial charge on any atom is -0.493 e. The van der Waals surface area contributed by atoms with Crippen molar-refractivity contribution in [3.63, 3.8) is 0 Å². The highest BCUT2D eigenvalue weighted by atomic mass is 32.1. The molecule has 0 N–H and O–H groups in total. The molecule has 106 valence electrons. The average molecular weight is 291 g/mol. The van der Waals surface area contributed by atoms with Crippen molar-refractivity contribution in [1.82, 2.24) is 4.98 Å². The van der Waals surface area contributed by atoms with E-state index in [1.807, 2.05) is 18.2 Å². The van der Waals surface area contributed by atoms with Crippen LogP contribution in [0.1, 0.15) is 24.3 Å². The molecule has 0 aliphatic carbocycles. The van der Waals surface area contributed by atoms with E-state index in [-0.39, 0.29) is 0 Å². The molecule has 0 saturated heterocycles. The average Bonchev–Trinajstić information content (AvgIpc) is 2.93. The van der Waals surface area contributed by atoms with E-state index in [1.54, 1.807) is 12.5 Å². The monoisotopic (exact) mass is 291 g/mol. The third kappa shape index (κ3) is 3.36. The normalized spacial score (nSPS) is 10.6. The summed E-state index contributed by atoms with van der Waals surface area (Å²) in [7, 11) is 1.61. The summed E-state index contributed by atoms with van der Waals surface area (Å²) < 4.78 is 11.1. The molecule has 0 bridgehead atoms. The van der Waals surface area contributed by atoms with Crippen LogP contribution in [0.2, 0.25) is 0 Å². The summed E-state index contributed by atoms with van der Waals surface area (Å²) in [4.78, 5) is 14.9. The van der Waals surface area contributed by atoms with Gasteiger partial charge in [-0.2, -0.15) is 0 Å². The van der Waals surface area contributed by atoms with Gasteiger partial charge in [-0.25, -0.2) is 4.98 Å². The van der Waals surface area contributed by atoms with E-state index in [0.717, 1.165) is 22.6 Å². The molecule has 1 aromatic heterocycles. The van der Waals surface area contributed by atoms with Crippen molar-refractivity contribution in [3.8, 4) is 22.1 Å². The number of benzene rings is 1. The number of thiazole rings is 1. The van der Waals surface area contributed by atoms with Crippen LogP contribution in [-0.2, 0) is 0 Å². The second-order valence-electron chi connectivity index (χ2n) is 4.77. The Bertz CT molecular complexity index is 593. The molecule has 0 amide bonds. The lowest BCUT2D eigenvalue weighted by molar-refractivity contribution is 0.111. The van der Waals surface area contributed by atoms with Crippen molar-refractivity contribution in [2.45, 2.75) is 13.8 Å². The van der Waals surface area contributed by atoms with Crippen molar-refractivity contribution < 1.29 is 14.3 Å². The summed E-state index contributed by atoms with van der Waals surface area (Å²) in [5.41, 5.74) is 1.36. The van der Waals surface area contributed by atoms with E-state index < -0.39 is 0 Å². The van der Waals surface area contributed by atoms with Crippen LogP contribution >= 0.6 is 11.3 Å². The smallest absolute Gasteiger partial charge is 0.169 e. The van der Waals surface area contributed by atoms with Gasteiger partial charge in [0.05, 0.1) is 13.7 Å². The topological polar surface area (TPSA) is 48.4 Å². The first-order chi connectivity index (χ1) is 9.63. The summed E-state index contributed by atoms with van der Waals surface area (Å²) in [6.07, 6.45) is 0.747. The number of methoxy groups -OCH3 is 1. The molecule has 1 aromatic carbocycles. The van der Waals surface area contributed by atoms with Crippen molar-refractivity contribution in [1.29, 1.82) is 0 Å². The van der Waals surface area contributed by atoms with Gasteiger partial charge in [-0.15, -0.1) is 11.3 Å². The van der Waals surface area contributed by atoms with Crippen LogP contribution < -0.4 is 9.47 Å². The number of ether oxygens (including phenoxy) is 2. The minimum absolute atomic E-state index is 0.448. The molecule has 0 saturated carbocycles. The molecule has 1 heterocycles. The highest BCUT2D eigenvalue weighted by Crippen LogP contribution is 2.33. The Morgan fingerprint density at radius 3 is 2.75 bits per heavy atom. The number of carbonyl (C=O) groups is 1. The van der Waals surface area contributed by atoms with E-state index in [2.05, 4.69) is 18.8 Å². The molecule has 5 heteroatoms. The Labute approximate surface area is 122 Å². The molecular weight excluding hydrogens is 274 g/mol. The molecule has 0 fully saturated rings. The predicted molar refractivity (Wildman–Crippen MR) is 79.8 cm³/mol. The van der Waals surface area contributed by atoms with Gasteiger partial charge in [-0.1, -0.05) is 13.8 Å². The number of hydrogen-bond donors (Lipinski definition) is 0. The maximum atomic E-state index is 10.7. The van der Waals surface area contributed by atoms with Crippen LogP contribution in [0.3, 0.4) is 0 Å². The van der Waals surface area contributed by atoms with E-state index >= 15 is 0 Å². The molecule has 0 spiro atoms. The fraction of sp³-hybridized carbons (Fsp3) is 0.333. The minimum atomic E-state index is 0.448. The quantitative estimate of drug-likeness (QED) is 0.762. The Kier molecular flexibility index (Phi) is 4.74. The van der Waals surface area contributed by atoms with Gasteiger partial charge in [-0.3, -0.25) is 4.79 Å². The van der Waals surface area contributed by atoms with Gasteiger partial charge in [0, 0.05) is 10.9 Å². The lowest BCUT2D eigenvalue weighted by atomic mass is 10.2. The SMILES string of the molecule is COc1cc(-c2nc(C=O)cs2)ccc1OCC(C)C. The first-order valence-electron chi connectivity index (χ1n) is 6.36. The van der Waals surface area contributed by atoms with Crippen LogP contribution in [0.25, 0.3) is 10.6 Å². The molecule has 2 rings (SSSR count). The van der Waals surface area contributed by atoms with Crippen molar-refractivity contribution in [2.24, 2.45) is 5.92 Å². The lowest BCUT2D eigenvalue weighted by Crippen LogP contribution is -2.05. The van der Waals surface area contributed by atoms with Crippen LogP contribution in [0.15, 0.2) is 23.6 Å². The van der Waals surface area contributed by atoms with Crippen LogP contribution in [-0.4, -0.2) is 25.0 Å². The Morgan fingerprint density at radius 2 is 2.15 bits per heavy atom. The highest BCUT2D eigenvalue weighted by molar-refractivity contribution is 7.13. The Hall–Kier alpha value is -1.88. The predicted octanol–water partition coefficient (Wildman–Crippen LogP) is 3.67. The maximum Gasteiger partial charge on any atom is 0.169 e. The number of hydrogen-bond acceptors (Lipinski definition) is 5. The van der Waals surface area contributed by atoms with Gasteiger partial charge >= 0.3 is 0 Å². The lowest BCUT2D eigenvalue weighted by Gasteiger charge is -2.13. The molecule has 20 heavy (non-hydrogen) atoms. The molecule has 2 aromatic rings. The zero-order chi connectivity index (χ0) is 14.5. The Balaban J connectivity index is 2.26. The summed E-state index contributed by atoms with van der Waals surface area (Å²) in [6, 6.07) is 5.67. The molecular formula is C15H17NO3S. The van der Waals surface area contributed by atoms with Crippen LogP contribution in [0, 0.1) is 5.92 Å². The van der Waals surface area contributed by atoms with Gasteiger partial charge in [-0.05, 0) is 24.1 Å². The van der Waals surface area contributed by atoms with Gasteiger partial charge in [0.1, 0.15) is 10.7 Å². The number of rotatable bonds is 6. The largest absolute Gasteiger partial charge is 0.493 e. The molecule has 0 unspecified atom stereocenters. The fourth-order valence-electron chi connectivity index (χ4n) is 1.65. The zero-order valence-corrected chi connectivity index (χ0v) is 12.6. The standard InChI is InChI=1S/C15H17NO3S/c1-10(2)8-19-13-5-4-11(6-14(13)18-3)15-16-12(7-17)9-20-15/h4-7,9-10H,8H2,1-3H3. The summed E-state index contributed by atoms with van der Waals surface area (Å²) in [5, 5.41) is 2.53. The molecule has 0 radical (unpaired) electrons. The van der Waals surface area contributed by atoms with Gasteiger partial charge in [0.2, 0.25) is 0 Å². The van der Waals surface area contributed by atoms with E-state index in [4.69, 9.17) is 9.47 Å². The number of aldehydes is 1. The summed E-state index contributed by atoms with van der Waals surface area (Å²) >= 11 is 1.43. The van der Waals surface area contributed by atoms with Gasteiger partial charge in [0.15, 0.2) is 17.8 Å². The van der Waals surface area contributed by atoms with Gasteiger partial charge < -0.3 is 9.47 Å². The van der Waals surface area contributed by atoms with Crippen LogP contribution in [0.5, 0.6) is 11.5 Å². The number of aromatic nitrogens is 1. The molecule has 0 aliphatic rings. The van der Waals surface area contributed by atoms with Crippen molar-refractivity contribution >= 4 is 17.6 Å². The third-order valence-corrected chi connectivity index (χ3v) is 3.54. The Morgan fingerprint density at radius 1 is 1.35 bits per heavy atom. The maximum absolute atomic E-state index is 10.7. The van der Waals surface area contributed by atoms with E-state index in [1.165, 1.54) is 11.3 Å². The van der Waals surface area contributed by atoms with Crippen LogP contribution in [0.4, 0.5) is 0 Å². The zero-order valence-electron chi connectivity index (χ0n) is 11.8. The summed E-state index contributed by atoms with van der Waals surface area (Å²) in [5.74, 6) is 1.84. The second-order valence-corrected chi connectivity index (χ2v) is 5.62. The fourth-order valence-corrected chi connectivity index (χ4v) is 2.41. The molecule has 4 nitrogen and oxygen atoms in total. The third-order valence-electron chi connectivity index (χ3n) is 2.63. The first kappa shape index (κ1) is 14.5. The van der Waals surface area contributed by atoms with Crippen molar-refractivity contribution in [2.75, 3.05) is 13.7 Å². The van der Waals surface area contributed by atoms with Crippen molar-refractivity contribution in [3.05, 3.63) is 29.3 Å². The number of nitrogens with zero attached hydrogens (tertiary/aromatic N) is 1. The molecule has 0 aliphatic heterocycles. The highest BCUT2D eigenvalue weighted by Gasteiger charge is 2.10. The second kappa shape index (κ2) is 6.52. The van der Waals surface area contributed by atoms with E-state index in [0.29, 0.717) is 24.0 Å². The number of carbonyl (C=O) groups excluding carboxylic acids is 1. The molecule has 0 atom stereocenters.